The lowest BCUT2D eigenvalue weighted by Gasteiger charge is -2.27. The molecular formula is C16H25N3O7S. The van der Waals surface area contributed by atoms with E-state index in [9.17, 15) is 19.8 Å². The molecular weight excluding hydrogens is 378 g/mol. The predicted molar refractivity (Wildman–Crippen MR) is 96.2 cm³/mol. The van der Waals surface area contributed by atoms with Gasteiger partial charge in [-0.2, -0.15) is 5.48 Å². The largest absolute Gasteiger partial charge is 0.462 e. The summed E-state index contributed by atoms with van der Waals surface area (Å²) in [6, 6.07) is 0.504. The van der Waals surface area contributed by atoms with Crippen LogP contribution in [0, 0.1) is 4.77 Å². The molecule has 1 aliphatic heterocycles. The lowest BCUT2D eigenvalue weighted by molar-refractivity contribution is -0.156. The van der Waals surface area contributed by atoms with E-state index in [1.54, 1.807) is 20.8 Å². The Labute approximate surface area is 161 Å². The third-order valence-electron chi connectivity index (χ3n) is 4.07. The summed E-state index contributed by atoms with van der Waals surface area (Å²) >= 11 is 5.08. The summed E-state index contributed by atoms with van der Waals surface area (Å²) in [5, 5.41) is 21.0. The third kappa shape index (κ3) is 5.00. The molecule has 27 heavy (non-hydrogen) atoms. The van der Waals surface area contributed by atoms with Crippen LogP contribution in [-0.4, -0.2) is 62.3 Å². The summed E-state index contributed by atoms with van der Waals surface area (Å²) in [6.45, 7) is 6.28. The van der Waals surface area contributed by atoms with Crippen molar-refractivity contribution in [1.29, 1.82) is 0 Å². The SMILES string of the molecule is CC(C)OC(=O)[C@H](C)NOC[C@H]1O[C@@H](n2ccc(=O)[nH]c2=S)[C@](C)(O)C1O. The molecule has 0 saturated carbocycles. The van der Waals surface area contributed by atoms with Gasteiger partial charge in [-0.05, 0) is 39.9 Å². The van der Waals surface area contributed by atoms with Gasteiger partial charge in [0, 0.05) is 12.3 Å². The normalized spacial score (nSPS) is 29.1. The maximum absolute atomic E-state index is 11.7. The lowest BCUT2D eigenvalue weighted by Crippen LogP contribution is -2.45. The van der Waals surface area contributed by atoms with E-state index >= 15 is 0 Å². The fourth-order valence-corrected chi connectivity index (χ4v) is 2.88. The van der Waals surface area contributed by atoms with Crippen molar-refractivity contribution in [2.24, 2.45) is 0 Å². The van der Waals surface area contributed by atoms with Crippen LogP contribution in [0.4, 0.5) is 0 Å². The number of carbonyl (C=O) groups is 1. The molecule has 1 aromatic heterocycles. The predicted octanol–water partition coefficient (Wildman–Crippen LogP) is -0.224. The first-order valence-electron chi connectivity index (χ1n) is 8.49. The minimum absolute atomic E-state index is 0.0460. The molecule has 1 aromatic rings. The number of aliphatic hydroxyl groups is 2. The van der Waals surface area contributed by atoms with Gasteiger partial charge in [-0.25, -0.2) is 0 Å². The van der Waals surface area contributed by atoms with Crippen molar-refractivity contribution in [3.8, 4) is 0 Å². The zero-order valence-electron chi connectivity index (χ0n) is 15.5. The number of esters is 1. The Morgan fingerprint density at radius 3 is 2.78 bits per heavy atom. The van der Waals surface area contributed by atoms with E-state index in [4.69, 9.17) is 26.5 Å². The lowest BCUT2D eigenvalue weighted by atomic mass is 9.96. The van der Waals surface area contributed by atoms with Crippen LogP contribution < -0.4 is 11.0 Å². The first kappa shape index (κ1) is 21.7. The average molecular weight is 403 g/mol. The number of ether oxygens (including phenoxy) is 2. The van der Waals surface area contributed by atoms with Gasteiger partial charge in [-0.1, -0.05) is 0 Å². The zero-order valence-corrected chi connectivity index (χ0v) is 16.4. The molecule has 152 valence electrons. The fourth-order valence-electron chi connectivity index (χ4n) is 2.63. The highest BCUT2D eigenvalue weighted by Gasteiger charge is 2.53. The van der Waals surface area contributed by atoms with Gasteiger partial charge in [0.15, 0.2) is 11.0 Å². The van der Waals surface area contributed by atoms with E-state index < -0.39 is 36.0 Å². The van der Waals surface area contributed by atoms with Crippen LogP contribution in [0.2, 0.25) is 0 Å². The molecule has 0 radical (unpaired) electrons. The molecule has 1 unspecified atom stereocenters. The van der Waals surface area contributed by atoms with Crippen LogP contribution in [0.25, 0.3) is 0 Å². The molecule has 0 aromatic carbocycles. The molecule has 2 heterocycles. The summed E-state index contributed by atoms with van der Waals surface area (Å²) < 4.78 is 12.1. The molecule has 1 saturated heterocycles. The molecule has 1 fully saturated rings. The van der Waals surface area contributed by atoms with Gasteiger partial charge in [-0.3, -0.25) is 24.0 Å². The van der Waals surface area contributed by atoms with Crippen molar-refractivity contribution >= 4 is 18.2 Å². The second kappa shape index (κ2) is 8.59. The molecule has 5 atom stereocenters. The number of carbonyl (C=O) groups excluding carboxylic acids is 1. The molecule has 0 spiro atoms. The number of hydrogen-bond acceptors (Lipinski definition) is 9. The fraction of sp³-hybridized carbons (Fsp3) is 0.688. The van der Waals surface area contributed by atoms with Crippen LogP contribution in [0.1, 0.15) is 33.9 Å². The molecule has 4 N–H and O–H groups in total. The number of aromatic nitrogens is 2. The van der Waals surface area contributed by atoms with Crippen molar-refractivity contribution in [1.82, 2.24) is 15.0 Å². The third-order valence-corrected chi connectivity index (χ3v) is 4.38. The topological polar surface area (TPSA) is 135 Å². The van der Waals surface area contributed by atoms with Crippen molar-refractivity contribution in [2.45, 2.75) is 63.9 Å². The van der Waals surface area contributed by atoms with Crippen LogP contribution in [0.5, 0.6) is 0 Å². The standard InChI is InChI=1S/C16H25N3O7S/c1-8(2)25-13(22)9(3)18-24-7-10-12(21)16(4,23)14(26-10)19-6-5-11(20)17-15(19)27/h5-6,8-10,12,14,18,21,23H,7H2,1-4H3,(H,17,20,27)/t9-,10+,12?,14+,16+/m0/s1. The van der Waals surface area contributed by atoms with Crippen LogP contribution in [0.3, 0.4) is 0 Å². The first-order valence-corrected chi connectivity index (χ1v) is 8.90. The quantitative estimate of drug-likeness (QED) is 0.277. The number of nitrogens with one attached hydrogen (secondary N) is 2. The van der Waals surface area contributed by atoms with Gasteiger partial charge in [0.2, 0.25) is 0 Å². The van der Waals surface area contributed by atoms with Crippen molar-refractivity contribution in [3.05, 3.63) is 27.4 Å². The van der Waals surface area contributed by atoms with Crippen molar-refractivity contribution in [2.75, 3.05) is 6.61 Å². The number of H-pyrrole nitrogens is 1. The number of hydrogen-bond donors (Lipinski definition) is 4. The number of rotatable bonds is 7. The summed E-state index contributed by atoms with van der Waals surface area (Å²) in [7, 11) is 0. The van der Waals surface area contributed by atoms with E-state index in [-0.39, 0.29) is 23.0 Å². The Morgan fingerprint density at radius 2 is 2.19 bits per heavy atom. The van der Waals surface area contributed by atoms with E-state index in [2.05, 4.69) is 10.5 Å². The highest BCUT2D eigenvalue weighted by Crippen LogP contribution is 2.38. The maximum atomic E-state index is 11.7. The van der Waals surface area contributed by atoms with Crippen LogP contribution in [-0.2, 0) is 19.1 Å². The maximum Gasteiger partial charge on any atom is 0.325 e. The van der Waals surface area contributed by atoms with Gasteiger partial charge in [-0.15, -0.1) is 0 Å². The average Bonchev–Trinajstić information content (AvgIpc) is 2.78. The molecule has 0 amide bonds. The summed E-state index contributed by atoms with van der Waals surface area (Å²) in [4.78, 5) is 30.7. The first-order chi connectivity index (χ1) is 12.5. The number of hydroxylamine groups is 1. The highest BCUT2D eigenvalue weighted by molar-refractivity contribution is 7.71. The van der Waals surface area contributed by atoms with E-state index in [0.29, 0.717) is 0 Å². The smallest absolute Gasteiger partial charge is 0.325 e. The van der Waals surface area contributed by atoms with Crippen LogP contribution >= 0.6 is 12.2 Å². The number of aromatic amines is 1. The minimum atomic E-state index is -1.69. The summed E-state index contributed by atoms with van der Waals surface area (Å²) in [5.41, 5.74) is 0.438. The molecule has 1 aliphatic rings. The molecule has 0 bridgehead atoms. The Morgan fingerprint density at radius 1 is 1.52 bits per heavy atom. The van der Waals surface area contributed by atoms with Gasteiger partial charge in [0.05, 0.1) is 12.7 Å². The van der Waals surface area contributed by atoms with E-state index in [1.165, 1.54) is 23.8 Å². The Hall–Kier alpha value is -1.63. The van der Waals surface area contributed by atoms with Gasteiger partial charge < -0.3 is 19.7 Å². The minimum Gasteiger partial charge on any atom is -0.462 e. The van der Waals surface area contributed by atoms with E-state index in [0.717, 1.165) is 0 Å². The number of nitrogens with zero attached hydrogens (tertiary/aromatic N) is 1. The van der Waals surface area contributed by atoms with E-state index in [1.807, 2.05) is 0 Å². The Balaban J connectivity index is 2.00. The molecule has 0 aliphatic carbocycles. The molecule has 10 nitrogen and oxygen atoms in total. The second-order valence-corrected chi connectivity index (χ2v) is 7.24. The molecule has 2 rings (SSSR count). The van der Waals surface area contributed by atoms with Gasteiger partial charge >= 0.3 is 5.97 Å². The summed E-state index contributed by atoms with van der Waals surface area (Å²) in [6.07, 6.45) is -2.11. The van der Waals surface area contributed by atoms with Crippen molar-refractivity contribution < 1.29 is 29.3 Å². The van der Waals surface area contributed by atoms with Crippen molar-refractivity contribution in [3.63, 3.8) is 0 Å². The summed E-state index contributed by atoms with van der Waals surface area (Å²) in [5.74, 6) is -0.484. The highest BCUT2D eigenvalue weighted by atomic mass is 32.1. The van der Waals surface area contributed by atoms with Crippen LogP contribution in [0.15, 0.2) is 17.1 Å². The molecule has 11 heteroatoms. The van der Waals surface area contributed by atoms with Gasteiger partial charge in [0.1, 0.15) is 23.9 Å². The monoisotopic (exact) mass is 403 g/mol. The Kier molecular flexibility index (Phi) is 6.89. The zero-order chi connectivity index (χ0) is 20.4. The van der Waals surface area contributed by atoms with Gasteiger partial charge in [0.25, 0.3) is 5.56 Å². The Bertz CT molecular complexity index is 776. The second-order valence-electron chi connectivity index (χ2n) is 6.85. The number of aliphatic hydroxyl groups excluding tert-OH is 1.